The van der Waals surface area contributed by atoms with E-state index in [0.29, 0.717) is 32.7 Å². The minimum absolute atomic E-state index is 0.249. The van der Waals surface area contributed by atoms with E-state index in [2.05, 4.69) is 45.8 Å². The number of imidazole rings is 1. The lowest BCUT2D eigenvalue weighted by Crippen LogP contribution is -2.48. The van der Waals surface area contributed by atoms with Crippen molar-refractivity contribution < 1.29 is 18.0 Å². The van der Waals surface area contributed by atoms with Crippen LogP contribution < -0.4 is 0 Å². The zero-order valence-corrected chi connectivity index (χ0v) is 21.7. The SMILES string of the molecule is O=C(c1ccc(C(F)(F)F)cc1)N1CCN(Cc2c(-c3ccccc3)nc3ccc(-c4ccccc4)cn23)CC1. The molecule has 6 rings (SSSR count). The van der Waals surface area contributed by atoms with Gasteiger partial charge in [-0.15, -0.1) is 0 Å². The zero-order chi connectivity index (χ0) is 27.7. The fraction of sp³-hybridized carbons (Fsp3) is 0.188. The second-order valence-electron chi connectivity index (χ2n) is 9.93. The summed E-state index contributed by atoms with van der Waals surface area (Å²) in [7, 11) is 0. The number of nitrogens with zero attached hydrogens (tertiary/aromatic N) is 4. The summed E-state index contributed by atoms with van der Waals surface area (Å²) in [6.45, 7) is 2.92. The molecule has 0 saturated carbocycles. The lowest BCUT2D eigenvalue weighted by Gasteiger charge is -2.34. The third-order valence-corrected chi connectivity index (χ3v) is 7.36. The van der Waals surface area contributed by atoms with E-state index in [-0.39, 0.29) is 11.5 Å². The number of amides is 1. The molecule has 0 atom stereocenters. The van der Waals surface area contributed by atoms with Gasteiger partial charge in [-0.25, -0.2) is 4.98 Å². The molecule has 3 heterocycles. The number of hydrogen-bond donors (Lipinski definition) is 0. The van der Waals surface area contributed by atoms with E-state index in [0.717, 1.165) is 45.9 Å². The fourth-order valence-corrected chi connectivity index (χ4v) is 5.18. The number of rotatable bonds is 5. The summed E-state index contributed by atoms with van der Waals surface area (Å²) in [5.74, 6) is -0.249. The molecule has 202 valence electrons. The molecule has 40 heavy (non-hydrogen) atoms. The average molecular weight is 541 g/mol. The normalized spacial score (nSPS) is 14.5. The van der Waals surface area contributed by atoms with Crippen LogP contribution in [0.2, 0.25) is 0 Å². The van der Waals surface area contributed by atoms with Crippen molar-refractivity contribution in [2.75, 3.05) is 26.2 Å². The van der Waals surface area contributed by atoms with Crippen LogP contribution in [0.25, 0.3) is 28.0 Å². The van der Waals surface area contributed by atoms with Gasteiger partial charge in [0, 0.05) is 50.0 Å². The number of aromatic nitrogens is 2. The number of hydrogen-bond acceptors (Lipinski definition) is 3. The number of alkyl halides is 3. The van der Waals surface area contributed by atoms with E-state index in [1.54, 1.807) is 4.90 Å². The Hall–Kier alpha value is -4.43. The summed E-state index contributed by atoms with van der Waals surface area (Å²) in [6.07, 6.45) is -2.30. The molecule has 0 aliphatic carbocycles. The van der Waals surface area contributed by atoms with Crippen molar-refractivity contribution in [1.82, 2.24) is 19.2 Å². The number of benzene rings is 3. The Labute approximate surface area is 230 Å². The Morgan fingerprint density at radius 3 is 1.98 bits per heavy atom. The van der Waals surface area contributed by atoms with Crippen LogP contribution in [-0.2, 0) is 12.7 Å². The predicted molar refractivity (Wildman–Crippen MR) is 149 cm³/mol. The van der Waals surface area contributed by atoms with Crippen molar-refractivity contribution >= 4 is 11.6 Å². The molecule has 1 aliphatic rings. The standard InChI is InChI=1S/C32H27F3N4O/c33-32(34,35)27-14-11-25(12-15-27)31(40)38-19-17-37(18-20-38)22-28-30(24-9-5-2-6-10-24)36-29-16-13-26(21-39(28)29)23-7-3-1-4-8-23/h1-16,21H,17-20,22H2. The van der Waals surface area contributed by atoms with Gasteiger partial charge < -0.3 is 9.30 Å². The Bertz CT molecular complexity index is 1620. The number of carbonyl (C=O) groups excluding carboxylic acids is 1. The van der Waals surface area contributed by atoms with Crippen LogP contribution in [0, 0.1) is 0 Å². The van der Waals surface area contributed by atoms with Crippen molar-refractivity contribution in [3.63, 3.8) is 0 Å². The van der Waals surface area contributed by atoms with Crippen molar-refractivity contribution in [2.45, 2.75) is 12.7 Å². The van der Waals surface area contributed by atoms with Gasteiger partial charge in [-0.1, -0.05) is 60.7 Å². The number of halogens is 3. The van der Waals surface area contributed by atoms with E-state index in [1.165, 1.54) is 12.1 Å². The molecule has 2 aromatic heterocycles. The van der Waals surface area contributed by atoms with Gasteiger partial charge in [0.25, 0.3) is 5.91 Å². The van der Waals surface area contributed by atoms with Gasteiger partial charge in [0.1, 0.15) is 5.65 Å². The van der Waals surface area contributed by atoms with E-state index in [1.807, 2.05) is 42.5 Å². The molecule has 1 amide bonds. The topological polar surface area (TPSA) is 40.9 Å². The summed E-state index contributed by atoms with van der Waals surface area (Å²) >= 11 is 0. The highest BCUT2D eigenvalue weighted by atomic mass is 19.4. The lowest BCUT2D eigenvalue weighted by atomic mass is 10.1. The summed E-state index contributed by atoms with van der Waals surface area (Å²) in [4.78, 5) is 22.0. The summed E-state index contributed by atoms with van der Waals surface area (Å²) in [5.41, 5.74) is 5.63. The van der Waals surface area contributed by atoms with Gasteiger partial charge in [-0.3, -0.25) is 9.69 Å². The van der Waals surface area contributed by atoms with Crippen LogP contribution in [0.5, 0.6) is 0 Å². The molecule has 0 unspecified atom stereocenters. The van der Waals surface area contributed by atoms with Crippen molar-refractivity contribution in [1.29, 1.82) is 0 Å². The molecule has 1 fully saturated rings. The van der Waals surface area contributed by atoms with Crippen molar-refractivity contribution in [3.8, 4) is 22.4 Å². The first kappa shape index (κ1) is 25.8. The van der Waals surface area contributed by atoms with Crippen LogP contribution in [0.15, 0.2) is 103 Å². The smallest absolute Gasteiger partial charge is 0.336 e. The molecule has 0 radical (unpaired) electrons. The Balaban J connectivity index is 1.23. The van der Waals surface area contributed by atoms with Gasteiger partial charge in [0.05, 0.1) is 17.0 Å². The first-order chi connectivity index (χ1) is 19.4. The van der Waals surface area contributed by atoms with Gasteiger partial charge in [0.2, 0.25) is 0 Å². The van der Waals surface area contributed by atoms with Gasteiger partial charge in [0.15, 0.2) is 0 Å². The summed E-state index contributed by atoms with van der Waals surface area (Å²) < 4.78 is 40.9. The van der Waals surface area contributed by atoms with Gasteiger partial charge in [-0.05, 0) is 47.5 Å². The summed E-state index contributed by atoms with van der Waals surface area (Å²) in [5, 5.41) is 0. The molecule has 8 heteroatoms. The highest BCUT2D eigenvalue weighted by Gasteiger charge is 2.31. The second-order valence-corrected chi connectivity index (χ2v) is 9.93. The lowest BCUT2D eigenvalue weighted by molar-refractivity contribution is -0.137. The first-order valence-corrected chi connectivity index (χ1v) is 13.2. The molecule has 5 nitrogen and oxygen atoms in total. The highest BCUT2D eigenvalue weighted by Crippen LogP contribution is 2.30. The first-order valence-electron chi connectivity index (χ1n) is 13.2. The minimum Gasteiger partial charge on any atom is -0.336 e. The Kier molecular flexibility index (Phi) is 6.86. The molecular formula is C32H27F3N4O. The van der Waals surface area contributed by atoms with Crippen LogP contribution in [0.3, 0.4) is 0 Å². The number of fused-ring (bicyclic) bond motifs is 1. The van der Waals surface area contributed by atoms with Crippen LogP contribution in [0.1, 0.15) is 21.6 Å². The third kappa shape index (κ3) is 5.22. The molecule has 1 saturated heterocycles. The fourth-order valence-electron chi connectivity index (χ4n) is 5.18. The molecule has 0 spiro atoms. The molecule has 3 aromatic carbocycles. The second kappa shape index (κ2) is 10.6. The molecule has 0 bridgehead atoms. The maximum absolute atomic E-state index is 13.0. The molecule has 5 aromatic rings. The van der Waals surface area contributed by atoms with E-state index < -0.39 is 11.7 Å². The van der Waals surface area contributed by atoms with Crippen LogP contribution in [0.4, 0.5) is 13.2 Å². The van der Waals surface area contributed by atoms with Crippen molar-refractivity contribution in [3.05, 3.63) is 120 Å². The molecular weight excluding hydrogens is 513 g/mol. The van der Waals surface area contributed by atoms with E-state index in [4.69, 9.17) is 4.98 Å². The van der Waals surface area contributed by atoms with Crippen molar-refractivity contribution in [2.24, 2.45) is 0 Å². The average Bonchev–Trinajstić information content (AvgIpc) is 3.35. The maximum atomic E-state index is 13.0. The van der Waals surface area contributed by atoms with Gasteiger partial charge in [-0.2, -0.15) is 13.2 Å². The molecule has 0 N–H and O–H groups in total. The van der Waals surface area contributed by atoms with Crippen LogP contribution >= 0.6 is 0 Å². The number of piperazine rings is 1. The number of carbonyl (C=O) groups is 1. The maximum Gasteiger partial charge on any atom is 0.416 e. The largest absolute Gasteiger partial charge is 0.416 e. The Morgan fingerprint density at radius 2 is 1.35 bits per heavy atom. The number of pyridine rings is 1. The molecule has 1 aliphatic heterocycles. The van der Waals surface area contributed by atoms with Crippen LogP contribution in [-0.4, -0.2) is 51.3 Å². The Morgan fingerprint density at radius 1 is 0.725 bits per heavy atom. The van der Waals surface area contributed by atoms with E-state index in [9.17, 15) is 18.0 Å². The highest BCUT2D eigenvalue weighted by molar-refractivity contribution is 5.94. The minimum atomic E-state index is -4.43. The monoisotopic (exact) mass is 540 g/mol. The summed E-state index contributed by atoms with van der Waals surface area (Å²) in [6, 6.07) is 28.9. The third-order valence-electron chi connectivity index (χ3n) is 7.36. The van der Waals surface area contributed by atoms with E-state index >= 15 is 0 Å². The zero-order valence-electron chi connectivity index (χ0n) is 21.7. The predicted octanol–water partition coefficient (Wildman–Crippen LogP) is 6.65. The quantitative estimate of drug-likeness (QED) is 0.251. The van der Waals surface area contributed by atoms with Gasteiger partial charge >= 0.3 is 6.18 Å².